The van der Waals surface area contributed by atoms with Gasteiger partial charge in [0.1, 0.15) is 5.82 Å². The molecule has 0 amide bonds. The summed E-state index contributed by atoms with van der Waals surface area (Å²) in [7, 11) is 1.95. The Morgan fingerprint density at radius 3 is 2.44 bits per heavy atom. The molecule has 214 valence electrons. The van der Waals surface area contributed by atoms with Crippen LogP contribution in [0, 0.1) is 39.2 Å². The Morgan fingerprint density at radius 1 is 0.860 bits per heavy atom. The fourth-order valence-corrected chi connectivity index (χ4v) is 5.62. The molecule has 6 nitrogen and oxygen atoms in total. The van der Waals surface area contributed by atoms with Gasteiger partial charge in [0.05, 0.1) is 12.3 Å². The molecule has 6 aromatic rings. The SMILES string of the molecule is [C-]#[N+]c1cc(Oc2[c-]c3c(cc2)c2ccccc2n3-c2cc(-c3c(C)cccc3C)ccn2)[c-]c(N2C=CN(C)[CH-]2)c1.[Pt]. The van der Waals surface area contributed by atoms with Gasteiger partial charge < -0.3 is 19.1 Å². The van der Waals surface area contributed by atoms with Gasteiger partial charge in [0.25, 0.3) is 0 Å². The van der Waals surface area contributed by atoms with E-state index >= 15 is 0 Å². The third-order valence-electron chi connectivity index (χ3n) is 7.51. The second kappa shape index (κ2) is 11.4. The molecular weight excluding hydrogens is 714 g/mol. The van der Waals surface area contributed by atoms with Crippen molar-refractivity contribution in [3.05, 3.63) is 139 Å². The number of ether oxygens (including phenoxy) is 1. The molecule has 4 aromatic carbocycles. The summed E-state index contributed by atoms with van der Waals surface area (Å²) in [5.74, 6) is 1.78. The first-order valence-corrected chi connectivity index (χ1v) is 13.6. The number of rotatable bonds is 5. The number of aryl methyl sites for hydroxylation is 2. The maximum Gasteiger partial charge on any atom is 0.136 e. The van der Waals surface area contributed by atoms with E-state index in [0.717, 1.165) is 38.9 Å². The number of aromatic nitrogens is 2. The summed E-state index contributed by atoms with van der Waals surface area (Å²) in [5, 5.41) is 2.16. The van der Waals surface area contributed by atoms with Crippen LogP contribution in [0.4, 0.5) is 11.4 Å². The van der Waals surface area contributed by atoms with E-state index in [4.69, 9.17) is 16.3 Å². The fraction of sp³-hybridized carbons (Fsp3) is 0.0833. The summed E-state index contributed by atoms with van der Waals surface area (Å²) in [6, 6.07) is 33.1. The van der Waals surface area contributed by atoms with Crippen molar-refractivity contribution in [3.8, 4) is 28.4 Å². The molecule has 0 saturated heterocycles. The Balaban J connectivity index is 0.00000329. The summed E-state index contributed by atoms with van der Waals surface area (Å²) in [5.41, 5.74) is 7.88. The van der Waals surface area contributed by atoms with Crippen LogP contribution in [0.3, 0.4) is 0 Å². The van der Waals surface area contributed by atoms with Gasteiger partial charge in [0.2, 0.25) is 0 Å². The van der Waals surface area contributed by atoms with E-state index in [2.05, 4.69) is 83.9 Å². The minimum Gasteiger partial charge on any atom is -0.510 e. The Kier molecular flexibility index (Phi) is 7.52. The molecule has 2 aromatic heterocycles. The Bertz CT molecular complexity index is 2050. The molecule has 0 saturated carbocycles. The summed E-state index contributed by atoms with van der Waals surface area (Å²) >= 11 is 0. The van der Waals surface area contributed by atoms with E-state index in [0.29, 0.717) is 17.2 Å². The molecule has 43 heavy (non-hydrogen) atoms. The molecule has 0 fully saturated rings. The Hall–Kier alpha value is -4.85. The van der Waals surface area contributed by atoms with Crippen LogP contribution in [0.5, 0.6) is 11.5 Å². The molecule has 1 aliphatic heterocycles. The number of anilines is 1. The molecule has 0 bridgehead atoms. The minimum absolute atomic E-state index is 0. The molecule has 0 spiro atoms. The third kappa shape index (κ3) is 5.18. The largest absolute Gasteiger partial charge is 0.510 e. The standard InChI is InChI=1S/C36H26N5O.Pt/c1-24-8-7-9-25(2)36(24)26-14-15-38-35(18-26)41-33-11-6-5-10-31(33)32-13-12-29(22-34(32)41)42-30-20-27(37-3)19-28(21-30)40-17-16-39(4)23-40;/h5-20,23H,1-2,4H3;/q-3;. The van der Waals surface area contributed by atoms with Gasteiger partial charge >= 0.3 is 0 Å². The number of hydrogen-bond donors (Lipinski definition) is 0. The topological polar surface area (TPSA) is 37.9 Å². The van der Waals surface area contributed by atoms with Gasteiger partial charge in [0, 0.05) is 44.3 Å². The van der Waals surface area contributed by atoms with Gasteiger partial charge in [-0.05, 0) is 79.1 Å². The first-order chi connectivity index (χ1) is 20.5. The van der Waals surface area contributed by atoms with Crippen LogP contribution < -0.4 is 9.64 Å². The Labute approximate surface area is 265 Å². The Morgan fingerprint density at radius 2 is 1.67 bits per heavy atom. The van der Waals surface area contributed by atoms with Crippen molar-refractivity contribution in [3.63, 3.8) is 0 Å². The number of pyridine rings is 1. The molecule has 0 unspecified atom stereocenters. The van der Waals surface area contributed by atoms with Crippen LogP contribution in [-0.2, 0) is 21.1 Å². The summed E-state index contributed by atoms with van der Waals surface area (Å²) < 4.78 is 8.44. The van der Waals surface area contributed by atoms with Crippen molar-refractivity contribution in [2.75, 3.05) is 11.9 Å². The van der Waals surface area contributed by atoms with Gasteiger partial charge in [-0.2, -0.15) is 12.7 Å². The van der Waals surface area contributed by atoms with E-state index < -0.39 is 0 Å². The maximum atomic E-state index is 7.61. The first kappa shape index (κ1) is 28.3. The van der Waals surface area contributed by atoms with Crippen LogP contribution >= 0.6 is 0 Å². The van der Waals surface area contributed by atoms with Crippen LogP contribution in [-0.4, -0.2) is 21.5 Å². The van der Waals surface area contributed by atoms with Crippen LogP contribution in [0.25, 0.3) is 43.6 Å². The molecule has 3 heterocycles. The monoisotopic (exact) mass is 739 g/mol. The number of para-hydroxylation sites is 1. The van der Waals surface area contributed by atoms with Gasteiger partial charge in [-0.1, -0.05) is 41.9 Å². The second-order valence-electron chi connectivity index (χ2n) is 10.4. The van der Waals surface area contributed by atoms with Crippen molar-refractivity contribution < 1.29 is 25.8 Å². The van der Waals surface area contributed by atoms with E-state index in [1.54, 1.807) is 12.1 Å². The summed E-state index contributed by atoms with van der Waals surface area (Å²) in [6.07, 6.45) is 5.72. The van der Waals surface area contributed by atoms with Crippen molar-refractivity contribution in [2.45, 2.75) is 13.8 Å². The molecule has 0 atom stereocenters. The first-order valence-electron chi connectivity index (χ1n) is 13.6. The zero-order valence-corrected chi connectivity index (χ0v) is 26.0. The number of benzene rings is 4. The number of hydrogen-bond acceptors (Lipinski definition) is 4. The molecule has 0 N–H and O–H groups in total. The molecule has 7 rings (SSSR count). The quantitative estimate of drug-likeness (QED) is 0.166. The molecule has 7 heteroatoms. The van der Waals surface area contributed by atoms with Gasteiger partial charge in [0.15, 0.2) is 0 Å². The predicted molar refractivity (Wildman–Crippen MR) is 168 cm³/mol. The van der Waals surface area contributed by atoms with Gasteiger partial charge in [-0.25, -0.2) is 4.98 Å². The smallest absolute Gasteiger partial charge is 0.136 e. The zero-order chi connectivity index (χ0) is 28.8. The number of fused-ring (bicyclic) bond motifs is 3. The maximum absolute atomic E-state index is 7.61. The minimum atomic E-state index is 0. The molecule has 0 aliphatic carbocycles. The van der Waals surface area contributed by atoms with E-state index in [1.165, 1.54) is 16.7 Å². The van der Waals surface area contributed by atoms with Gasteiger partial charge in [-0.15, -0.1) is 41.4 Å². The van der Waals surface area contributed by atoms with E-state index in [9.17, 15) is 0 Å². The van der Waals surface area contributed by atoms with Crippen LogP contribution in [0.1, 0.15) is 11.1 Å². The van der Waals surface area contributed by atoms with Crippen LogP contribution in [0.2, 0.25) is 0 Å². The molecule has 0 radical (unpaired) electrons. The van der Waals surface area contributed by atoms with Crippen molar-refractivity contribution in [1.82, 2.24) is 14.5 Å². The predicted octanol–water partition coefficient (Wildman–Crippen LogP) is 8.75. The van der Waals surface area contributed by atoms with E-state index in [1.807, 2.05) is 60.3 Å². The van der Waals surface area contributed by atoms with E-state index in [-0.39, 0.29) is 21.1 Å². The van der Waals surface area contributed by atoms with Crippen LogP contribution in [0.15, 0.2) is 97.5 Å². The normalized spacial score (nSPS) is 12.5. The van der Waals surface area contributed by atoms with Gasteiger partial charge in [-0.3, -0.25) is 4.85 Å². The summed E-state index contributed by atoms with van der Waals surface area (Å²) in [6.45, 7) is 13.8. The molecule has 1 aliphatic rings. The zero-order valence-electron chi connectivity index (χ0n) is 23.8. The number of nitrogens with zero attached hydrogens (tertiary/aromatic N) is 5. The fourth-order valence-electron chi connectivity index (χ4n) is 5.62. The second-order valence-corrected chi connectivity index (χ2v) is 10.4. The van der Waals surface area contributed by atoms with Crippen molar-refractivity contribution in [1.29, 1.82) is 0 Å². The van der Waals surface area contributed by atoms with Crippen molar-refractivity contribution in [2.24, 2.45) is 0 Å². The van der Waals surface area contributed by atoms with Crippen molar-refractivity contribution >= 4 is 33.2 Å². The third-order valence-corrected chi connectivity index (χ3v) is 7.51. The molecular formula is C36H26N5OPt-3. The average Bonchev–Trinajstić information content (AvgIpc) is 3.58. The summed E-state index contributed by atoms with van der Waals surface area (Å²) in [4.78, 5) is 12.3. The average molecular weight is 740 g/mol.